The summed E-state index contributed by atoms with van der Waals surface area (Å²) in [5.74, 6) is 1.35. The molecule has 0 radical (unpaired) electrons. The number of aryl methyl sites for hydroxylation is 1. The van der Waals surface area contributed by atoms with Crippen LogP contribution in [0, 0.1) is 23.0 Å². The molecule has 6 heteroatoms. The summed E-state index contributed by atoms with van der Waals surface area (Å²) in [5, 5.41) is 10.6. The summed E-state index contributed by atoms with van der Waals surface area (Å²) in [5.41, 5.74) is 6.53. The molecular formula is C11H16N4O2. The lowest BCUT2D eigenvalue weighted by atomic mass is 10.1. The number of nitrogens with zero attached hydrogens (tertiary/aromatic N) is 3. The zero-order valence-electron chi connectivity index (χ0n) is 9.80. The lowest BCUT2D eigenvalue weighted by molar-refractivity contribution is -0.385. The molecule has 92 valence electrons. The molecule has 1 aliphatic heterocycles. The molecule has 1 atom stereocenters. The Morgan fingerprint density at radius 2 is 2.47 bits per heavy atom. The maximum Gasteiger partial charge on any atom is 0.287 e. The summed E-state index contributed by atoms with van der Waals surface area (Å²) in [6.07, 6.45) is 2.38. The van der Waals surface area contributed by atoms with E-state index in [1.165, 1.54) is 6.20 Å². The minimum Gasteiger partial charge on any atom is -0.356 e. The highest BCUT2D eigenvalue weighted by atomic mass is 16.6. The van der Waals surface area contributed by atoms with Crippen molar-refractivity contribution in [3.05, 3.63) is 27.9 Å². The largest absolute Gasteiger partial charge is 0.356 e. The van der Waals surface area contributed by atoms with Crippen molar-refractivity contribution in [2.45, 2.75) is 13.3 Å². The van der Waals surface area contributed by atoms with E-state index in [1.807, 2.05) is 6.92 Å². The third-order valence-corrected chi connectivity index (χ3v) is 3.17. The van der Waals surface area contributed by atoms with Gasteiger partial charge in [0.25, 0.3) is 5.69 Å². The van der Waals surface area contributed by atoms with Gasteiger partial charge in [-0.15, -0.1) is 0 Å². The van der Waals surface area contributed by atoms with Crippen LogP contribution >= 0.6 is 0 Å². The fourth-order valence-electron chi connectivity index (χ4n) is 2.20. The van der Waals surface area contributed by atoms with E-state index in [-0.39, 0.29) is 5.69 Å². The zero-order chi connectivity index (χ0) is 12.4. The molecule has 0 spiro atoms. The van der Waals surface area contributed by atoms with E-state index in [0.29, 0.717) is 12.5 Å². The average molecular weight is 236 g/mol. The maximum atomic E-state index is 10.6. The maximum absolute atomic E-state index is 10.6. The van der Waals surface area contributed by atoms with Gasteiger partial charge >= 0.3 is 0 Å². The highest BCUT2D eigenvalue weighted by molar-refractivity contribution is 5.51. The Balaban J connectivity index is 2.20. The number of nitrogens with two attached hydrogens (primary N) is 1. The fourth-order valence-corrected chi connectivity index (χ4v) is 2.20. The normalized spacial score (nSPS) is 19.6. The van der Waals surface area contributed by atoms with Crippen molar-refractivity contribution < 1.29 is 4.92 Å². The topological polar surface area (TPSA) is 85.3 Å². The van der Waals surface area contributed by atoms with Crippen molar-refractivity contribution in [3.8, 4) is 0 Å². The molecule has 1 unspecified atom stereocenters. The van der Waals surface area contributed by atoms with Gasteiger partial charge < -0.3 is 10.6 Å². The molecule has 2 N–H and O–H groups in total. The van der Waals surface area contributed by atoms with Crippen molar-refractivity contribution in [2.24, 2.45) is 11.7 Å². The van der Waals surface area contributed by atoms with E-state index in [2.05, 4.69) is 9.88 Å². The number of nitro groups is 1. The summed E-state index contributed by atoms with van der Waals surface area (Å²) in [6.45, 7) is 4.35. The average Bonchev–Trinajstić information content (AvgIpc) is 2.77. The van der Waals surface area contributed by atoms with Crippen LogP contribution in [0.15, 0.2) is 12.3 Å². The molecule has 0 amide bonds. The van der Waals surface area contributed by atoms with Gasteiger partial charge in [-0.2, -0.15) is 0 Å². The second-order valence-corrected chi connectivity index (χ2v) is 4.43. The molecule has 1 aliphatic rings. The van der Waals surface area contributed by atoms with Crippen LogP contribution in [0.5, 0.6) is 0 Å². The molecule has 1 fully saturated rings. The molecule has 1 saturated heterocycles. The highest BCUT2D eigenvalue weighted by Crippen LogP contribution is 2.26. The second-order valence-electron chi connectivity index (χ2n) is 4.43. The Labute approximate surface area is 99.6 Å². The van der Waals surface area contributed by atoms with Gasteiger partial charge in [-0.05, 0) is 31.4 Å². The quantitative estimate of drug-likeness (QED) is 0.627. The molecule has 17 heavy (non-hydrogen) atoms. The Kier molecular flexibility index (Phi) is 3.23. The van der Waals surface area contributed by atoms with Crippen molar-refractivity contribution in [1.29, 1.82) is 0 Å². The Hall–Kier alpha value is -1.69. The first-order valence-electron chi connectivity index (χ1n) is 5.68. The van der Waals surface area contributed by atoms with Crippen LogP contribution in [-0.4, -0.2) is 29.5 Å². The van der Waals surface area contributed by atoms with Crippen molar-refractivity contribution >= 4 is 11.5 Å². The smallest absolute Gasteiger partial charge is 0.287 e. The van der Waals surface area contributed by atoms with Gasteiger partial charge in [0.15, 0.2) is 0 Å². The monoisotopic (exact) mass is 236 g/mol. The Morgan fingerprint density at radius 1 is 1.71 bits per heavy atom. The number of rotatable bonds is 3. The minimum absolute atomic E-state index is 0.0424. The summed E-state index contributed by atoms with van der Waals surface area (Å²) < 4.78 is 0. The van der Waals surface area contributed by atoms with Crippen molar-refractivity contribution in [1.82, 2.24) is 4.98 Å². The molecule has 2 heterocycles. The summed E-state index contributed by atoms with van der Waals surface area (Å²) >= 11 is 0. The summed E-state index contributed by atoms with van der Waals surface area (Å²) in [6, 6.07) is 1.57. The van der Waals surface area contributed by atoms with Crippen LogP contribution < -0.4 is 10.6 Å². The van der Waals surface area contributed by atoms with Crippen LogP contribution in [-0.2, 0) is 0 Å². The number of hydrogen-bond donors (Lipinski definition) is 1. The van der Waals surface area contributed by atoms with E-state index in [9.17, 15) is 10.1 Å². The third kappa shape index (κ3) is 2.36. The number of hydrogen-bond acceptors (Lipinski definition) is 5. The molecule has 1 aromatic heterocycles. The second kappa shape index (κ2) is 4.67. The van der Waals surface area contributed by atoms with Gasteiger partial charge in [0.05, 0.1) is 4.92 Å². The zero-order valence-corrected chi connectivity index (χ0v) is 9.80. The van der Waals surface area contributed by atoms with E-state index in [1.54, 1.807) is 6.07 Å². The lowest BCUT2D eigenvalue weighted by Crippen LogP contribution is -2.24. The van der Waals surface area contributed by atoms with Crippen LogP contribution in [0.3, 0.4) is 0 Å². The predicted octanol–water partition coefficient (Wildman–Crippen LogP) is 1.08. The summed E-state index contributed by atoms with van der Waals surface area (Å²) in [7, 11) is 0. The van der Waals surface area contributed by atoms with Crippen LogP contribution in [0.1, 0.15) is 12.0 Å². The predicted molar refractivity (Wildman–Crippen MR) is 65.0 cm³/mol. The van der Waals surface area contributed by atoms with Crippen LogP contribution in [0.25, 0.3) is 0 Å². The molecule has 6 nitrogen and oxygen atoms in total. The summed E-state index contributed by atoms with van der Waals surface area (Å²) in [4.78, 5) is 16.5. The number of aromatic nitrogens is 1. The fraction of sp³-hybridized carbons (Fsp3) is 0.545. The van der Waals surface area contributed by atoms with Gasteiger partial charge in [0.2, 0.25) is 0 Å². The molecule has 0 saturated carbocycles. The van der Waals surface area contributed by atoms with Crippen molar-refractivity contribution in [2.75, 3.05) is 24.5 Å². The number of pyridine rings is 1. The van der Waals surface area contributed by atoms with E-state index in [4.69, 9.17) is 5.73 Å². The molecule has 2 rings (SSSR count). The van der Waals surface area contributed by atoms with E-state index in [0.717, 1.165) is 30.9 Å². The molecular weight excluding hydrogens is 220 g/mol. The van der Waals surface area contributed by atoms with Gasteiger partial charge in [0, 0.05) is 19.2 Å². The van der Waals surface area contributed by atoms with Gasteiger partial charge in [0.1, 0.15) is 12.0 Å². The molecule has 0 aromatic carbocycles. The number of anilines is 1. The lowest BCUT2D eigenvalue weighted by Gasteiger charge is -2.19. The van der Waals surface area contributed by atoms with Crippen molar-refractivity contribution in [3.63, 3.8) is 0 Å². The first-order valence-corrected chi connectivity index (χ1v) is 5.68. The Morgan fingerprint density at radius 3 is 3.00 bits per heavy atom. The SMILES string of the molecule is Cc1cc([N+](=O)[O-])cnc1N1CCC(CN)C1. The van der Waals surface area contributed by atoms with Gasteiger partial charge in [-0.1, -0.05) is 0 Å². The highest BCUT2D eigenvalue weighted by Gasteiger charge is 2.24. The van der Waals surface area contributed by atoms with Crippen LogP contribution in [0.2, 0.25) is 0 Å². The molecule has 0 bridgehead atoms. The first-order chi connectivity index (χ1) is 8.11. The standard InChI is InChI=1S/C11H16N4O2/c1-8-4-10(15(16)17)6-13-11(8)14-3-2-9(5-12)7-14/h4,6,9H,2-3,5,7,12H2,1H3. The van der Waals surface area contributed by atoms with Crippen LogP contribution in [0.4, 0.5) is 11.5 Å². The third-order valence-electron chi connectivity index (χ3n) is 3.17. The van der Waals surface area contributed by atoms with Gasteiger partial charge in [-0.25, -0.2) is 4.98 Å². The van der Waals surface area contributed by atoms with E-state index >= 15 is 0 Å². The minimum atomic E-state index is -0.420. The van der Waals surface area contributed by atoms with E-state index < -0.39 is 4.92 Å². The van der Waals surface area contributed by atoms with Gasteiger partial charge in [-0.3, -0.25) is 10.1 Å². The molecule has 1 aromatic rings. The first kappa shape index (κ1) is 11.8. The Bertz CT molecular complexity index is 435. The molecule has 0 aliphatic carbocycles.